The minimum absolute atomic E-state index is 0.0196. The molecule has 1 fully saturated rings. The Hall–Kier alpha value is -3.15. The number of halogens is 2. The molecule has 4 nitrogen and oxygen atoms in total. The van der Waals surface area contributed by atoms with Gasteiger partial charge in [-0.1, -0.05) is 77.8 Å². The van der Waals surface area contributed by atoms with Crippen LogP contribution in [0.3, 0.4) is 0 Å². The Labute approximate surface area is 227 Å². The summed E-state index contributed by atoms with van der Waals surface area (Å²) >= 11 is 12.5. The molecular weight excluding hydrogens is 505 g/mol. The Morgan fingerprint density at radius 1 is 0.757 bits per heavy atom. The summed E-state index contributed by atoms with van der Waals surface area (Å²) in [4.78, 5) is 13.9. The van der Waals surface area contributed by atoms with Gasteiger partial charge in [0.05, 0.1) is 7.11 Å². The number of quaternary nitrogens is 1. The summed E-state index contributed by atoms with van der Waals surface area (Å²) in [5.41, 5.74) is 3.15. The molecule has 1 unspecified atom stereocenters. The van der Waals surface area contributed by atoms with Gasteiger partial charge in [-0.05, 0) is 59.7 Å². The summed E-state index contributed by atoms with van der Waals surface area (Å²) in [5.74, 6) is 0.821. The van der Waals surface area contributed by atoms with E-state index in [0.29, 0.717) is 29.7 Å². The second-order valence-corrected chi connectivity index (χ2v) is 10.3. The number of carbonyl (C=O) groups is 1. The summed E-state index contributed by atoms with van der Waals surface area (Å²) in [6.45, 7) is 1.45. The number of nitrogens with zero attached hydrogens (tertiary/aromatic N) is 1. The van der Waals surface area contributed by atoms with Crippen LogP contribution in [0, 0.1) is 0 Å². The molecule has 1 aliphatic rings. The number of ether oxygens (including phenoxy) is 2. The first kappa shape index (κ1) is 25.5. The van der Waals surface area contributed by atoms with Crippen molar-refractivity contribution in [3.63, 3.8) is 0 Å². The van der Waals surface area contributed by atoms with Crippen molar-refractivity contribution in [2.45, 2.75) is 18.7 Å². The fraction of sp³-hybridized carbons (Fsp3) is 0.194. The van der Waals surface area contributed by atoms with Crippen molar-refractivity contribution < 1.29 is 18.8 Å². The Bertz CT molecular complexity index is 1310. The van der Waals surface area contributed by atoms with E-state index in [0.717, 1.165) is 28.0 Å². The average Bonchev–Trinajstić information content (AvgIpc) is 2.92. The van der Waals surface area contributed by atoms with E-state index in [1.54, 1.807) is 7.11 Å². The third-order valence-electron chi connectivity index (χ3n) is 7.09. The van der Waals surface area contributed by atoms with E-state index in [1.165, 1.54) is 0 Å². The molecule has 0 radical (unpaired) electrons. The van der Waals surface area contributed by atoms with Crippen LogP contribution in [0.5, 0.6) is 5.75 Å². The fourth-order valence-corrected chi connectivity index (χ4v) is 5.45. The Balaban J connectivity index is 1.65. The minimum atomic E-state index is -0.871. The molecule has 0 N–H and O–H groups in total. The molecule has 0 saturated carbocycles. The first-order valence-corrected chi connectivity index (χ1v) is 12.9. The van der Waals surface area contributed by atoms with Crippen molar-refractivity contribution in [2.75, 3.05) is 20.3 Å². The van der Waals surface area contributed by atoms with E-state index in [2.05, 4.69) is 12.1 Å². The van der Waals surface area contributed by atoms with E-state index < -0.39 is 5.60 Å². The predicted octanol–water partition coefficient (Wildman–Crippen LogP) is 7.02. The second kappa shape index (κ2) is 10.7. The summed E-state index contributed by atoms with van der Waals surface area (Å²) < 4.78 is 12.1. The standard InChI is InChI=1S/C31H28Cl2NO3/c1-36-29-17-7-24(8-18-29)20-34(19-23-5-3-2-4-6-23)22-31(37-21-30(34)35,25-9-13-27(32)14-10-25)26-11-15-28(33)16-12-26/h2-18H,19-22H2,1H3/q+1. The van der Waals surface area contributed by atoms with Gasteiger partial charge >= 0.3 is 5.91 Å². The zero-order valence-electron chi connectivity index (χ0n) is 20.6. The summed E-state index contributed by atoms with van der Waals surface area (Å²) in [7, 11) is 1.65. The summed E-state index contributed by atoms with van der Waals surface area (Å²) in [6, 6.07) is 33.5. The SMILES string of the molecule is COc1ccc(C[N+]2(Cc3ccccc3)CC(c3ccc(Cl)cc3)(c3ccc(Cl)cc3)OCC2=O)cc1. The molecule has 4 aromatic carbocycles. The quantitative estimate of drug-likeness (QED) is 0.240. The van der Waals surface area contributed by atoms with Crippen LogP contribution in [-0.4, -0.2) is 30.7 Å². The van der Waals surface area contributed by atoms with Crippen molar-refractivity contribution >= 4 is 29.1 Å². The van der Waals surface area contributed by atoms with Crippen LogP contribution < -0.4 is 4.74 Å². The molecule has 1 heterocycles. The largest absolute Gasteiger partial charge is 0.497 e. The van der Waals surface area contributed by atoms with E-state index in [4.69, 9.17) is 32.7 Å². The van der Waals surface area contributed by atoms with E-state index in [9.17, 15) is 4.79 Å². The average molecular weight is 533 g/mol. The first-order valence-electron chi connectivity index (χ1n) is 12.1. The van der Waals surface area contributed by atoms with Crippen molar-refractivity contribution in [3.05, 3.63) is 135 Å². The highest BCUT2D eigenvalue weighted by molar-refractivity contribution is 6.30. The molecule has 5 rings (SSSR count). The number of hydrogen-bond acceptors (Lipinski definition) is 3. The van der Waals surface area contributed by atoms with Gasteiger partial charge in [0.2, 0.25) is 0 Å². The van der Waals surface area contributed by atoms with Gasteiger partial charge in [0.1, 0.15) is 25.4 Å². The Morgan fingerprint density at radius 2 is 1.27 bits per heavy atom. The van der Waals surface area contributed by atoms with Gasteiger partial charge in [-0.3, -0.25) is 0 Å². The van der Waals surface area contributed by atoms with Crippen molar-refractivity contribution in [3.8, 4) is 5.75 Å². The summed E-state index contributed by atoms with van der Waals surface area (Å²) in [5, 5.41) is 1.29. The number of amides is 1. The van der Waals surface area contributed by atoms with Crippen LogP contribution in [0.1, 0.15) is 22.3 Å². The maximum Gasteiger partial charge on any atom is 0.340 e. The number of morpholine rings is 1. The number of rotatable bonds is 7. The normalized spacial score (nSPS) is 18.9. The third kappa shape index (κ3) is 5.29. The molecule has 6 heteroatoms. The fourth-order valence-electron chi connectivity index (χ4n) is 5.19. The first-order chi connectivity index (χ1) is 17.9. The van der Waals surface area contributed by atoms with Crippen molar-refractivity contribution in [1.29, 1.82) is 0 Å². The van der Waals surface area contributed by atoms with Gasteiger partial charge in [0.15, 0.2) is 12.2 Å². The lowest BCUT2D eigenvalue weighted by atomic mass is 9.83. The maximum atomic E-state index is 13.9. The number of carbonyl (C=O) groups excluding carboxylic acids is 1. The van der Waals surface area contributed by atoms with E-state index in [-0.39, 0.29) is 17.0 Å². The van der Waals surface area contributed by atoms with Crippen LogP contribution >= 0.6 is 23.2 Å². The van der Waals surface area contributed by atoms with E-state index >= 15 is 0 Å². The van der Waals surface area contributed by atoms with Gasteiger partial charge < -0.3 is 9.47 Å². The molecule has 0 bridgehead atoms. The molecule has 0 aromatic heterocycles. The van der Waals surface area contributed by atoms with E-state index in [1.807, 2.05) is 91.0 Å². The lowest BCUT2D eigenvalue weighted by molar-refractivity contribution is -0.894. The molecule has 4 aromatic rings. The smallest absolute Gasteiger partial charge is 0.340 e. The predicted molar refractivity (Wildman–Crippen MR) is 147 cm³/mol. The molecule has 37 heavy (non-hydrogen) atoms. The zero-order chi connectivity index (χ0) is 25.9. The molecule has 0 spiro atoms. The van der Waals surface area contributed by atoms with Gasteiger partial charge in [-0.15, -0.1) is 0 Å². The van der Waals surface area contributed by atoms with Crippen LogP contribution in [0.4, 0.5) is 0 Å². The van der Waals surface area contributed by atoms with Crippen LogP contribution in [0.2, 0.25) is 10.0 Å². The topological polar surface area (TPSA) is 35.5 Å². The van der Waals surface area contributed by atoms with Gasteiger partial charge in [-0.2, -0.15) is 0 Å². The lowest BCUT2D eigenvalue weighted by Gasteiger charge is -2.48. The Kier molecular flexibility index (Phi) is 7.36. The van der Waals surface area contributed by atoms with Crippen LogP contribution in [-0.2, 0) is 28.2 Å². The van der Waals surface area contributed by atoms with Gasteiger partial charge in [0, 0.05) is 21.2 Å². The molecule has 1 aliphatic heterocycles. The molecular formula is C31H28Cl2NO3+. The highest BCUT2D eigenvalue weighted by atomic mass is 35.5. The maximum absolute atomic E-state index is 13.9. The lowest BCUT2D eigenvalue weighted by Crippen LogP contribution is -2.64. The highest BCUT2D eigenvalue weighted by Crippen LogP contribution is 2.42. The minimum Gasteiger partial charge on any atom is -0.497 e. The molecule has 188 valence electrons. The number of methoxy groups -OCH3 is 1. The van der Waals surface area contributed by atoms with Crippen molar-refractivity contribution in [2.24, 2.45) is 0 Å². The molecule has 0 aliphatic carbocycles. The number of hydrogen-bond donors (Lipinski definition) is 0. The highest BCUT2D eigenvalue weighted by Gasteiger charge is 2.53. The second-order valence-electron chi connectivity index (χ2n) is 9.48. The van der Waals surface area contributed by atoms with Crippen molar-refractivity contribution in [1.82, 2.24) is 0 Å². The van der Waals surface area contributed by atoms with Crippen LogP contribution in [0.25, 0.3) is 0 Å². The van der Waals surface area contributed by atoms with Gasteiger partial charge in [-0.25, -0.2) is 9.28 Å². The number of benzene rings is 4. The molecule has 1 amide bonds. The Morgan fingerprint density at radius 3 is 1.78 bits per heavy atom. The molecule has 1 atom stereocenters. The van der Waals surface area contributed by atoms with Crippen LogP contribution in [0.15, 0.2) is 103 Å². The third-order valence-corrected chi connectivity index (χ3v) is 7.59. The van der Waals surface area contributed by atoms with Gasteiger partial charge in [0.25, 0.3) is 0 Å². The molecule has 1 saturated heterocycles. The summed E-state index contributed by atoms with van der Waals surface area (Å²) in [6.07, 6.45) is 0. The zero-order valence-corrected chi connectivity index (χ0v) is 22.1. The monoisotopic (exact) mass is 532 g/mol.